The molecular formula is C13H12N4O2S. The molecule has 0 aliphatic rings. The lowest BCUT2D eigenvalue weighted by Gasteiger charge is -2.04. The fourth-order valence-electron chi connectivity index (χ4n) is 1.98. The predicted octanol–water partition coefficient (Wildman–Crippen LogP) is 1.65. The Labute approximate surface area is 118 Å². The Morgan fingerprint density at radius 1 is 1.40 bits per heavy atom. The van der Waals surface area contributed by atoms with Crippen molar-refractivity contribution in [1.29, 1.82) is 0 Å². The summed E-state index contributed by atoms with van der Waals surface area (Å²) in [6, 6.07) is 7.68. The zero-order chi connectivity index (χ0) is 14.1. The molecule has 0 aliphatic heterocycles. The van der Waals surface area contributed by atoms with E-state index in [1.807, 2.05) is 24.3 Å². The molecule has 2 heterocycles. The smallest absolute Gasteiger partial charge is 0.271 e. The monoisotopic (exact) mass is 288 g/mol. The van der Waals surface area contributed by atoms with Gasteiger partial charge in [-0.05, 0) is 17.7 Å². The third-order valence-electron chi connectivity index (χ3n) is 2.95. The second-order valence-corrected chi connectivity index (χ2v) is 5.06. The molecule has 0 saturated carbocycles. The molecule has 2 N–H and O–H groups in total. The average Bonchev–Trinajstić information content (AvgIpc) is 3.03. The Balaban J connectivity index is 1.97. The van der Waals surface area contributed by atoms with Crippen LogP contribution < -0.4 is 10.5 Å². The summed E-state index contributed by atoms with van der Waals surface area (Å²) in [7, 11) is 1.63. The van der Waals surface area contributed by atoms with Crippen molar-refractivity contribution < 1.29 is 9.53 Å². The van der Waals surface area contributed by atoms with Crippen molar-refractivity contribution in [2.24, 2.45) is 5.73 Å². The number of carbonyl (C=O) groups is 1. The molecule has 1 amide bonds. The fourth-order valence-corrected chi connectivity index (χ4v) is 2.72. The molecule has 7 heteroatoms. The number of rotatable bonds is 4. The van der Waals surface area contributed by atoms with Crippen LogP contribution in [0.15, 0.2) is 29.8 Å². The molecular weight excluding hydrogens is 276 g/mol. The molecule has 0 unspecified atom stereocenters. The lowest BCUT2D eigenvalue weighted by Crippen LogP contribution is -2.13. The molecule has 1 aromatic carbocycles. The van der Waals surface area contributed by atoms with Gasteiger partial charge in [-0.1, -0.05) is 12.1 Å². The molecule has 102 valence electrons. The Kier molecular flexibility index (Phi) is 3.11. The van der Waals surface area contributed by atoms with Gasteiger partial charge in [0.1, 0.15) is 16.1 Å². The minimum absolute atomic E-state index is 0.217. The van der Waals surface area contributed by atoms with Crippen molar-refractivity contribution >= 4 is 27.6 Å². The number of hydrogen-bond donors (Lipinski definition) is 1. The van der Waals surface area contributed by atoms with Crippen LogP contribution in [0.4, 0.5) is 0 Å². The molecule has 20 heavy (non-hydrogen) atoms. The van der Waals surface area contributed by atoms with Crippen molar-refractivity contribution in [2.75, 3.05) is 7.11 Å². The highest BCUT2D eigenvalue weighted by molar-refractivity contribution is 7.16. The number of nitrogens with zero attached hydrogens (tertiary/aromatic N) is 3. The maximum absolute atomic E-state index is 11.4. The van der Waals surface area contributed by atoms with E-state index in [4.69, 9.17) is 10.5 Å². The molecule has 0 bridgehead atoms. The first-order valence-corrected chi connectivity index (χ1v) is 6.79. The first-order chi connectivity index (χ1) is 9.69. The Morgan fingerprint density at radius 2 is 2.15 bits per heavy atom. The van der Waals surface area contributed by atoms with Crippen LogP contribution in [0.5, 0.6) is 5.75 Å². The summed E-state index contributed by atoms with van der Waals surface area (Å²) in [5, 5.41) is 4.25. The van der Waals surface area contributed by atoms with Crippen molar-refractivity contribution in [3.63, 3.8) is 0 Å². The molecule has 0 radical (unpaired) electrons. The minimum Gasteiger partial charge on any atom is -0.497 e. The zero-order valence-corrected chi connectivity index (χ0v) is 11.6. The number of ether oxygens (including phenoxy) is 1. The number of thiazole rings is 1. The maximum Gasteiger partial charge on any atom is 0.271 e. The van der Waals surface area contributed by atoms with Gasteiger partial charge in [0, 0.05) is 0 Å². The van der Waals surface area contributed by atoms with Crippen LogP contribution in [0.25, 0.3) is 10.3 Å². The number of primary amides is 1. The van der Waals surface area contributed by atoms with Crippen LogP contribution in [0, 0.1) is 0 Å². The normalized spacial score (nSPS) is 10.8. The summed E-state index contributed by atoms with van der Waals surface area (Å²) in [6.07, 6.45) is 0. The van der Waals surface area contributed by atoms with E-state index >= 15 is 0 Å². The summed E-state index contributed by atoms with van der Waals surface area (Å²) in [5.41, 5.74) is 8.84. The van der Waals surface area contributed by atoms with E-state index in [1.54, 1.807) is 17.3 Å². The van der Waals surface area contributed by atoms with E-state index in [9.17, 15) is 4.79 Å². The number of nitrogens with two attached hydrogens (primary N) is 1. The van der Waals surface area contributed by atoms with Gasteiger partial charge in [0.25, 0.3) is 5.91 Å². The molecule has 6 nitrogen and oxygen atoms in total. The Morgan fingerprint density at radius 3 is 2.80 bits per heavy atom. The Hall–Kier alpha value is -2.41. The molecule has 2 aromatic heterocycles. The van der Waals surface area contributed by atoms with E-state index in [0.29, 0.717) is 12.1 Å². The number of benzene rings is 1. The third kappa shape index (κ3) is 2.12. The standard InChI is InChI=1S/C13H12N4O2S/c1-19-9-4-2-8(3-5-9)6-17-13-11(15-7-20-13)10(16-17)12(14)18/h2-5,7H,6H2,1H3,(H2,14,18). The van der Waals surface area contributed by atoms with E-state index in [1.165, 1.54) is 11.3 Å². The third-order valence-corrected chi connectivity index (χ3v) is 3.79. The molecule has 0 aliphatic carbocycles. The van der Waals surface area contributed by atoms with E-state index < -0.39 is 5.91 Å². The van der Waals surface area contributed by atoms with Crippen LogP contribution >= 0.6 is 11.3 Å². The van der Waals surface area contributed by atoms with Gasteiger partial charge in [-0.25, -0.2) is 9.67 Å². The van der Waals surface area contributed by atoms with Crippen LogP contribution in [0.1, 0.15) is 16.1 Å². The van der Waals surface area contributed by atoms with Gasteiger partial charge in [-0.3, -0.25) is 4.79 Å². The van der Waals surface area contributed by atoms with E-state index in [2.05, 4.69) is 10.1 Å². The van der Waals surface area contributed by atoms with Crippen LogP contribution in [-0.4, -0.2) is 27.8 Å². The first kappa shape index (κ1) is 12.6. The number of hydrogen-bond acceptors (Lipinski definition) is 5. The molecule has 3 rings (SSSR count). The molecule has 0 fully saturated rings. The van der Waals surface area contributed by atoms with Crippen molar-refractivity contribution in [2.45, 2.75) is 6.54 Å². The van der Waals surface area contributed by atoms with Crippen molar-refractivity contribution in [3.8, 4) is 5.75 Å². The van der Waals surface area contributed by atoms with Gasteiger partial charge in [-0.2, -0.15) is 5.10 Å². The van der Waals surface area contributed by atoms with Gasteiger partial charge in [-0.15, -0.1) is 11.3 Å². The lowest BCUT2D eigenvalue weighted by molar-refractivity contribution is 0.0996. The number of amides is 1. The highest BCUT2D eigenvalue weighted by Crippen LogP contribution is 2.22. The SMILES string of the molecule is COc1ccc(Cn2nc(C(N)=O)c3ncsc32)cc1. The number of carbonyl (C=O) groups excluding carboxylic acids is 1. The van der Waals surface area contributed by atoms with Gasteiger partial charge in [0.15, 0.2) is 5.69 Å². The minimum atomic E-state index is -0.561. The van der Waals surface area contributed by atoms with Crippen LogP contribution in [0.2, 0.25) is 0 Å². The molecule has 0 spiro atoms. The predicted molar refractivity (Wildman–Crippen MR) is 76.0 cm³/mol. The van der Waals surface area contributed by atoms with Gasteiger partial charge in [0.2, 0.25) is 0 Å². The van der Waals surface area contributed by atoms with Crippen LogP contribution in [0.3, 0.4) is 0 Å². The molecule has 0 atom stereocenters. The summed E-state index contributed by atoms with van der Waals surface area (Å²) in [6.45, 7) is 0.552. The topological polar surface area (TPSA) is 83.0 Å². The second-order valence-electron chi connectivity index (χ2n) is 4.22. The van der Waals surface area contributed by atoms with Gasteiger partial charge >= 0.3 is 0 Å². The highest BCUT2D eigenvalue weighted by Gasteiger charge is 2.17. The lowest BCUT2D eigenvalue weighted by atomic mass is 10.2. The molecule has 3 aromatic rings. The number of methoxy groups -OCH3 is 1. The summed E-state index contributed by atoms with van der Waals surface area (Å²) < 4.78 is 6.87. The van der Waals surface area contributed by atoms with Gasteiger partial charge in [0.05, 0.1) is 19.2 Å². The summed E-state index contributed by atoms with van der Waals surface area (Å²) in [5.74, 6) is 0.240. The average molecular weight is 288 g/mol. The van der Waals surface area contributed by atoms with Crippen LogP contribution in [-0.2, 0) is 6.54 Å². The van der Waals surface area contributed by atoms with Crippen molar-refractivity contribution in [1.82, 2.24) is 14.8 Å². The van der Waals surface area contributed by atoms with Crippen molar-refractivity contribution in [3.05, 3.63) is 41.0 Å². The highest BCUT2D eigenvalue weighted by atomic mass is 32.1. The van der Waals surface area contributed by atoms with E-state index in [-0.39, 0.29) is 5.69 Å². The van der Waals surface area contributed by atoms with E-state index in [0.717, 1.165) is 16.1 Å². The fraction of sp³-hybridized carbons (Fsp3) is 0.154. The number of aromatic nitrogens is 3. The number of fused-ring (bicyclic) bond motifs is 1. The summed E-state index contributed by atoms with van der Waals surface area (Å²) >= 11 is 1.44. The summed E-state index contributed by atoms with van der Waals surface area (Å²) in [4.78, 5) is 16.3. The quantitative estimate of drug-likeness (QED) is 0.791. The largest absolute Gasteiger partial charge is 0.497 e. The maximum atomic E-state index is 11.4. The Bertz CT molecular complexity index is 760. The molecule has 0 saturated heterocycles. The zero-order valence-electron chi connectivity index (χ0n) is 10.7. The van der Waals surface area contributed by atoms with Gasteiger partial charge < -0.3 is 10.5 Å². The first-order valence-electron chi connectivity index (χ1n) is 5.92. The second kappa shape index (κ2) is 4.93.